The van der Waals surface area contributed by atoms with Gasteiger partial charge in [0, 0.05) is 5.92 Å². The molecule has 0 spiro atoms. The molecule has 0 saturated heterocycles. The van der Waals surface area contributed by atoms with Crippen LogP contribution in [-0.4, -0.2) is 0 Å². The molecule has 1 aromatic rings. The first kappa shape index (κ1) is 9.97. The Morgan fingerprint density at radius 3 is 2.43 bits per heavy atom. The minimum atomic E-state index is 1.08. The number of rotatable bonds is 1. The van der Waals surface area contributed by atoms with Gasteiger partial charge in [0.1, 0.15) is 0 Å². The van der Waals surface area contributed by atoms with Crippen LogP contribution in [0, 0.1) is 5.92 Å². The van der Waals surface area contributed by atoms with Crippen molar-refractivity contribution in [3.8, 4) is 0 Å². The first-order valence-electron chi connectivity index (χ1n) is 4.72. The molecule has 0 N–H and O–H groups in total. The van der Waals surface area contributed by atoms with E-state index in [-0.39, 0.29) is 0 Å². The van der Waals surface area contributed by atoms with E-state index < -0.39 is 0 Å². The van der Waals surface area contributed by atoms with Crippen molar-refractivity contribution >= 4 is 28.2 Å². The number of hydrogen-bond acceptors (Lipinski definition) is 0. The van der Waals surface area contributed by atoms with Crippen molar-refractivity contribution in [1.82, 2.24) is 0 Å². The van der Waals surface area contributed by atoms with Gasteiger partial charge in [-0.2, -0.15) is 0 Å². The monoisotopic (exact) mass is 295 g/mol. The van der Waals surface area contributed by atoms with E-state index in [0.29, 0.717) is 0 Å². The molecule has 0 fully saturated rings. The summed E-state index contributed by atoms with van der Waals surface area (Å²) >= 11 is 2.39. The molecule has 0 unspecified atom stereocenters. The largest absolute Gasteiger partial charge is 0.0622 e. The number of allylic oxidation sites excluding steroid dienone is 4. The first-order chi connectivity index (χ1) is 6.77. The molecule has 1 aliphatic carbocycles. The van der Waals surface area contributed by atoms with Crippen molar-refractivity contribution in [1.29, 1.82) is 0 Å². The highest BCUT2D eigenvalue weighted by molar-refractivity contribution is 14.1. The molecule has 0 atom stereocenters. The zero-order chi connectivity index (χ0) is 9.97. The number of hydrogen-bond donors (Lipinski definition) is 0. The lowest BCUT2D eigenvalue weighted by Gasteiger charge is -2.17. The van der Waals surface area contributed by atoms with E-state index in [1.165, 1.54) is 20.6 Å². The van der Waals surface area contributed by atoms with E-state index in [4.69, 9.17) is 0 Å². The van der Waals surface area contributed by atoms with Crippen LogP contribution >= 0.6 is 22.6 Å². The minimum absolute atomic E-state index is 1.08. The van der Waals surface area contributed by atoms with Gasteiger partial charge in [0.2, 0.25) is 0 Å². The fourth-order valence-electron chi connectivity index (χ4n) is 1.60. The summed E-state index contributed by atoms with van der Waals surface area (Å²) in [5.74, 6) is 1.46. The zero-order valence-electron chi connectivity index (χ0n) is 8.13. The maximum atomic E-state index is 2.39. The molecule has 0 aromatic heterocycles. The SMILES string of the molecule is C[C]1CC(c2ccccc2)=CC=C1I. The molecule has 1 aliphatic rings. The number of halogens is 1. The molecule has 1 heteroatoms. The van der Waals surface area contributed by atoms with E-state index in [0.717, 1.165) is 6.42 Å². The van der Waals surface area contributed by atoms with Crippen molar-refractivity contribution in [2.75, 3.05) is 0 Å². The van der Waals surface area contributed by atoms with Gasteiger partial charge in [0.15, 0.2) is 0 Å². The Morgan fingerprint density at radius 2 is 1.79 bits per heavy atom. The van der Waals surface area contributed by atoms with Crippen molar-refractivity contribution in [2.24, 2.45) is 0 Å². The van der Waals surface area contributed by atoms with Gasteiger partial charge in [-0.3, -0.25) is 0 Å². The van der Waals surface area contributed by atoms with Crippen molar-refractivity contribution in [2.45, 2.75) is 13.3 Å². The van der Waals surface area contributed by atoms with Gasteiger partial charge in [0.25, 0.3) is 0 Å². The van der Waals surface area contributed by atoms with Gasteiger partial charge in [-0.15, -0.1) is 0 Å². The molecule has 0 bridgehead atoms. The van der Waals surface area contributed by atoms with Crippen LogP contribution in [-0.2, 0) is 0 Å². The van der Waals surface area contributed by atoms with E-state index in [1.807, 2.05) is 0 Å². The normalized spacial score (nSPS) is 17.6. The predicted molar refractivity (Wildman–Crippen MR) is 70.1 cm³/mol. The Hall–Kier alpha value is -0.570. The quantitative estimate of drug-likeness (QED) is 0.674. The van der Waals surface area contributed by atoms with Crippen LogP contribution in [0.5, 0.6) is 0 Å². The molecular weight excluding hydrogens is 283 g/mol. The summed E-state index contributed by atoms with van der Waals surface area (Å²) in [6, 6.07) is 10.6. The Labute approximate surface area is 98.9 Å². The summed E-state index contributed by atoms with van der Waals surface area (Å²) in [4.78, 5) is 0. The van der Waals surface area contributed by atoms with Crippen LogP contribution in [0.15, 0.2) is 46.1 Å². The van der Waals surface area contributed by atoms with Gasteiger partial charge in [-0.25, -0.2) is 0 Å². The average Bonchev–Trinajstić information content (AvgIpc) is 2.23. The summed E-state index contributed by atoms with van der Waals surface area (Å²) in [5.41, 5.74) is 2.76. The summed E-state index contributed by atoms with van der Waals surface area (Å²) in [6.45, 7) is 2.20. The molecule has 14 heavy (non-hydrogen) atoms. The van der Waals surface area contributed by atoms with E-state index in [1.54, 1.807) is 0 Å². The zero-order valence-corrected chi connectivity index (χ0v) is 10.3. The molecule has 1 aromatic carbocycles. The van der Waals surface area contributed by atoms with Gasteiger partial charge in [-0.05, 0) is 43.7 Å². The topological polar surface area (TPSA) is 0 Å². The summed E-state index contributed by atoms with van der Waals surface area (Å²) in [6.07, 6.45) is 5.50. The molecule has 2 rings (SSSR count). The van der Waals surface area contributed by atoms with Crippen molar-refractivity contribution < 1.29 is 0 Å². The molecule has 0 aliphatic heterocycles. The van der Waals surface area contributed by atoms with Crippen LogP contribution in [0.2, 0.25) is 0 Å². The van der Waals surface area contributed by atoms with Crippen LogP contribution in [0.4, 0.5) is 0 Å². The Kier molecular flexibility index (Phi) is 3.06. The second kappa shape index (κ2) is 4.30. The maximum Gasteiger partial charge on any atom is 0.0125 e. The highest BCUT2D eigenvalue weighted by Gasteiger charge is 2.13. The van der Waals surface area contributed by atoms with Crippen LogP contribution < -0.4 is 0 Å². The van der Waals surface area contributed by atoms with Gasteiger partial charge in [-0.1, -0.05) is 49.4 Å². The first-order valence-corrected chi connectivity index (χ1v) is 5.80. The lowest BCUT2D eigenvalue weighted by molar-refractivity contribution is 1.06. The third kappa shape index (κ3) is 2.08. The second-order valence-electron chi connectivity index (χ2n) is 3.53. The third-order valence-corrected chi connectivity index (χ3v) is 3.72. The van der Waals surface area contributed by atoms with Gasteiger partial charge < -0.3 is 0 Å². The molecule has 71 valence electrons. The maximum absolute atomic E-state index is 2.39. The van der Waals surface area contributed by atoms with Crippen LogP contribution in [0.1, 0.15) is 18.9 Å². The molecule has 0 nitrogen and oxygen atoms in total. The summed E-state index contributed by atoms with van der Waals surface area (Å²) < 4.78 is 1.38. The lowest BCUT2D eigenvalue weighted by atomic mass is 9.91. The standard InChI is InChI=1S/C13H12I/c1-10-9-12(7-8-13(10)14)11-5-3-2-4-6-11/h2-8H,9H2,1H3. The lowest BCUT2D eigenvalue weighted by Crippen LogP contribution is -1.98. The molecule has 0 heterocycles. The highest BCUT2D eigenvalue weighted by Crippen LogP contribution is 2.35. The number of benzene rings is 1. The van der Waals surface area contributed by atoms with Crippen molar-refractivity contribution in [3.05, 3.63) is 57.5 Å². The Morgan fingerprint density at radius 1 is 1.07 bits per heavy atom. The Balaban J connectivity index is 2.30. The molecule has 1 radical (unpaired) electrons. The third-order valence-electron chi connectivity index (χ3n) is 2.44. The summed E-state index contributed by atoms with van der Waals surface area (Å²) in [7, 11) is 0. The fraction of sp³-hybridized carbons (Fsp3) is 0.154. The van der Waals surface area contributed by atoms with Crippen LogP contribution in [0.3, 0.4) is 0 Å². The molecular formula is C13H12I. The minimum Gasteiger partial charge on any atom is -0.0622 e. The van der Waals surface area contributed by atoms with E-state index >= 15 is 0 Å². The average molecular weight is 295 g/mol. The summed E-state index contributed by atoms with van der Waals surface area (Å²) in [5, 5.41) is 0. The van der Waals surface area contributed by atoms with E-state index in [2.05, 4.69) is 72.0 Å². The van der Waals surface area contributed by atoms with E-state index in [9.17, 15) is 0 Å². The fourth-order valence-corrected chi connectivity index (χ4v) is 1.97. The second-order valence-corrected chi connectivity index (χ2v) is 4.69. The van der Waals surface area contributed by atoms with Crippen molar-refractivity contribution in [3.63, 3.8) is 0 Å². The smallest absolute Gasteiger partial charge is 0.0125 e. The van der Waals surface area contributed by atoms with Gasteiger partial charge in [0.05, 0.1) is 0 Å². The molecule has 0 saturated carbocycles. The highest BCUT2D eigenvalue weighted by atomic mass is 127. The predicted octanol–water partition coefficient (Wildman–Crippen LogP) is 4.39. The Bertz CT molecular complexity index is 373. The van der Waals surface area contributed by atoms with Gasteiger partial charge >= 0.3 is 0 Å². The molecule has 0 amide bonds. The van der Waals surface area contributed by atoms with Crippen LogP contribution in [0.25, 0.3) is 5.57 Å².